The molecule has 1 unspecified atom stereocenters. The summed E-state index contributed by atoms with van der Waals surface area (Å²) in [6, 6.07) is 8.70. The lowest BCUT2D eigenvalue weighted by Gasteiger charge is -2.25. The number of ketones is 1. The van der Waals surface area contributed by atoms with E-state index in [1.54, 1.807) is 0 Å². The predicted molar refractivity (Wildman–Crippen MR) is 105 cm³/mol. The van der Waals surface area contributed by atoms with E-state index in [9.17, 15) is 34.0 Å². The van der Waals surface area contributed by atoms with Crippen LogP contribution in [-0.2, 0) is 14.4 Å². The molecule has 1 heterocycles. The first-order valence-electron chi connectivity index (χ1n) is 9.21. The van der Waals surface area contributed by atoms with Gasteiger partial charge in [0.25, 0.3) is 17.4 Å². The number of halogens is 1. The van der Waals surface area contributed by atoms with Gasteiger partial charge in [-0.1, -0.05) is 12.1 Å². The molecule has 9 nitrogen and oxygen atoms in total. The van der Waals surface area contributed by atoms with Crippen molar-refractivity contribution in [3.63, 3.8) is 0 Å². The summed E-state index contributed by atoms with van der Waals surface area (Å²) in [6.45, 7) is -0.0735. The fourth-order valence-corrected chi connectivity index (χ4v) is 3.40. The number of carboxylic acid groups (broad SMARTS) is 1. The molecule has 1 aliphatic rings. The lowest BCUT2D eigenvalue weighted by Crippen LogP contribution is -2.31. The number of non-ortho nitro benzene ring substituents is 1. The number of nitro groups is 1. The second kappa shape index (κ2) is 8.74. The van der Waals surface area contributed by atoms with Gasteiger partial charge < -0.3 is 15.1 Å². The van der Waals surface area contributed by atoms with Crippen LogP contribution in [-0.4, -0.2) is 44.2 Å². The van der Waals surface area contributed by atoms with Crippen molar-refractivity contribution in [3.8, 4) is 0 Å². The molecule has 0 bridgehead atoms. The van der Waals surface area contributed by atoms with Crippen LogP contribution in [0.25, 0.3) is 5.76 Å². The van der Waals surface area contributed by atoms with Crippen LogP contribution in [0.15, 0.2) is 54.1 Å². The highest BCUT2D eigenvalue weighted by Gasteiger charge is 2.45. The molecule has 0 radical (unpaired) electrons. The Hall–Kier alpha value is -4.08. The molecule has 1 fully saturated rings. The van der Waals surface area contributed by atoms with Crippen molar-refractivity contribution in [1.29, 1.82) is 0 Å². The average Bonchev–Trinajstić information content (AvgIpc) is 2.98. The molecular weight excluding hydrogens is 411 g/mol. The molecule has 1 atom stereocenters. The van der Waals surface area contributed by atoms with Crippen LogP contribution in [0.1, 0.15) is 30.0 Å². The Balaban J connectivity index is 2.08. The molecular formula is C21H17FN2O7. The van der Waals surface area contributed by atoms with E-state index in [-0.39, 0.29) is 36.2 Å². The third-order valence-electron chi connectivity index (χ3n) is 4.87. The van der Waals surface area contributed by atoms with Crippen molar-refractivity contribution in [3.05, 3.63) is 81.2 Å². The summed E-state index contributed by atoms with van der Waals surface area (Å²) in [7, 11) is 0. The number of Topliss-reactive ketones (excluding diaryl/α,β-unsaturated/α-hetero) is 1. The molecule has 160 valence electrons. The first-order chi connectivity index (χ1) is 14.7. The summed E-state index contributed by atoms with van der Waals surface area (Å²) in [5.41, 5.74) is -0.0535. The van der Waals surface area contributed by atoms with Crippen LogP contribution < -0.4 is 0 Å². The summed E-state index contributed by atoms with van der Waals surface area (Å²) in [5.74, 6) is -4.06. The summed E-state index contributed by atoms with van der Waals surface area (Å²) in [5, 5.41) is 30.5. The third kappa shape index (κ3) is 4.42. The highest BCUT2D eigenvalue weighted by Crippen LogP contribution is 2.39. The number of carbonyl (C=O) groups is 3. The van der Waals surface area contributed by atoms with Crippen LogP contribution in [0, 0.1) is 15.9 Å². The lowest BCUT2D eigenvalue weighted by atomic mass is 9.95. The number of amides is 1. The van der Waals surface area contributed by atoms with Crippen LogP contribution in [0.2, 0.25) is 0 Å². The minimum atomic E-state index is -1.07. The predicted octanol–water partition coefficient (Wildman–Crippen LogP) is 3.02. The van der Waals surface area contributed by atoms with Gasteiger partial charge in [0.2, 0.25) is 0 Å². The molecule has 1 aliphatic heterocycles. The molecule has 10 heteroatoms. The summed E-state index contributed by atoms with van der Waals surface area (Å²) in [6.07, 6.45) is -0.168. The van der Waals surface area contributed by atoms with Crippen molar-refractivity contribution < 1.29 is 33.9 Å². The van der Waals surface area contributed by atoms with Gasteiger partial charge in [0.05, 0.1) is 16.5 Å². The first-order valence-corrected chi connectivity index (χ1v) is 9.21. The van der Waals surface area contributed by atoms with E-state index in [0.717, 1.165) is 29.2 Å². The zero-order valence-corrected chi connectivity index (χ0v) is 16.0. The third-order valence-corrected chi connectivity index (χ3v) is 4.87. The van der Waals surface area contributed by atoms with Crippen molar-refractivity contribution in [2.24, 2.45) is 0 Å². The Morgan fingerprint density at radius 1 is 1.06 bits per heavy atom. The summed E-state index contributed by atoms with van der Waals surface area (Å²) >= 11 is 0. The Morgan fingerprint density at radius 2 is 1.68 bits per heavy atom. The van der Waals surface area contributed by atoms with Crippen LogP contribution in [0.3, 0.4) is 0 Å². The summed E-state index contributed by atoms with van der Waals surface area (Å²) < 4.78 is 13.4. The zero-order valence-electron chi connectivity index (χ0n) is 16.0. The number of carboxylic acids is 1. The van der Waals surface area contributed by atoms with Crippen molar-refractivity contribution in [2.75, 3.05) is 6.54 Å². The van der Waals surface area contributed by atoms with Gasteiger partial charge >= 0.3 is 5.97 Å². The monoisotopic (exact) mass is 428 g/mol. The van der Waals surface area contributed by atoms with E-state index in [0.29, 0.717) is 5.56 Å². The molecule has 31 heavy (non-hydrogen) atoms. The number of aliphatic carboxylic acids is 1. The van der Waals surface area contributed by atoms with Crippen molar-refractivity contribution >= 4 is 29.1 Å². The molecule has 2 N–H and O–H groups in total. The van der Waals surface area contributed by atoms with Crippen LogP contribution in [0.5, 0.6) is 0 Å². The highest BCUT2D eigenvalue weighted by molar-refractivity contribution is 6.46. The van der Waals surface area contributed by atoms with E-state index in [2.05, 4.69) is 0 Å². The Labute approximate surface area is 175 Å². The molecule has 1 amide bonds. The van der Waals surface area contributed by atoms with Gasteiger partial charge in [0, 0.05) is 30.7 Å². The van der Waals surface area contributed by atoms with Crippen molar-refractivity contribution in [2.45, 2.75) is 18.9 Å². The molecule has 2 aromatic rings. The highest BCUT2D eigenvalue weighted by atomic mass is 19.1. The van der Waals surface area contributed by atoms with E-state index in [4.69, 9.17) is 5.11 Å². The molecule has 0 spiro atoms. The number of nitro benzene ring substituents is 1. The fourth-order valence-electron chi connectivity index (χ4n) is 3.40. The maximum absolute atomic E-state index is 13.4. The van der Waals surface area contributed by atoms with E-state index in [1.807, 2.05) is 0 Å². The maximum atomic E-state index is 13.4. The van der Waals surface area contributed by atoms with Gasteiger partial charge in [-0.05, 0) is 36.2 Å². The molecule has 0 saturated carbocycles. The normalized spacial score (nSPS) is 17.7. The number of aliphatic hydroxyl groups excluding tert-OH is 1. The standard InChI is InChI=1S/C21H17FN2O7/c22-14-7-3-12(4-8-14)18-17(19(27)13-5-9-15(10-6-13)24(30)31)20(28)21(29)23(18)11-1-2-16(25)26/h3-10,18,27H,1-2,11H2,(H,25,26)/b19-17-. The van der Waals surface area contributed by atoms with Crippen molar-refractivity contribution in [1.82, 2.24) is 4.90 Å². The van der Waals surface area contributed by atoms with Gasteiger partial charge in [0.1, 0.15) is 11.6 Å². The number of aliphatic hydroxyl groups is 1. The summed E-state index contributed by atoms with van der Waals surface area (Å²) in [4.78, 5) is 47.6. The minimum absolute atomic E-state index is 0.0671. The molecule has 3 rings (SSSR count). The van der Waals surface area contributed by atoms with Gasteiger partial charge in [-0.15, -0.1) is 0 Å². The number of hydrogen-bond acceptors (Lipinski definition) is 6. The number of nitrogens with zero attached hydrogens (tertiary/aromatic N) is 2. The van der Waals surface area contributed by atoms with E-state index < -0.39 is 40.2 Å². The van der Waals surface area contributed by atoms with E-state index >= 15 is 0 Å². The minimum Gasteiger partial charge on any atom is -0.507 e. The van der Waals surface area contributed by atoms with Gasteiger partial charge in [0.15, 0.2) is 0 Å². The number of benzene rings is 2. The Kier molecular flexibility index (Phi) is 6.10. The fraction of sp³-hybridized carbons (Fsp3) is 0.190. The SMILES string of the molecule is O=C(O)CCCN1C(=O)C(=O)/C(=C(\O)c2ccc([N+](=O)[O-])cc2)C1c1ccc(F)cc1. The largest absolute Gasteiger partial charge is 0.507 e. The average molecular weight is 428 g/mol. The smallest absolute Gasteiger partial charge is 0.303 e. The molecule has 1 saturated heterocycles. The molecule has 0 aliphatic carbocycles. The molecule has 0 aromatic heterocycles. The number of hydrogen-bond donors (Lipinski definition) is 2. The Morgan fingerprint density at radius 3 is 2.23 bits per heavy atom. The second-order valence-electron chi connectivity index (χ2n) is 6.85. The topological polar surface area (TPSA) is 138 Å². The van der Waals surface area contributed by atoms with Gasteiger partial charge in [-0.2, -0.15) is 0 Å². The maximum Gasteiger partial charge on any atom is 0.303 e. The van der Waals surface area contributed by atoms with Gasteiger partial charge in [-0.3, -0.25) is 24.5 Å². The van der Waals surface area contributed by atoms with Crippen LogP contribution >= 0.6 is 0 Å². The second-order valence-corrected chi connectivity index (χ2v) is 6.85. The molecule has 2 aromatic carbocycles. The Bertz CT molecular complexity index is 1080. The number of carbonyl (C=O) groups excluding carboxylic acids is 2. The number of rotatable bonds is 7. The van der Waals surface area contributed by atoms with Gasteiger partial charge in [-0.25, -0.2) is 4.39 Å². The zero-order chi connectivity index (χ0) is 22.7. The van der Waals surface area contributed by atoms with E-state index in [1.165, 1.54) is 24.3 Å². The number of likely N-dealkylation sites (tertiary alicyclic amines) is 1. The first kappa shape index (κ1) is 21.6. The quantitative estimate of drug-likeness (QED) is 0.227. The van der Waals surface area contributed by atoms with Crippen LogP contribution in [0.4, 0.5) is 10.1 Å². The lowest BCUT2D eigenvalue weighted by molar-refractivity contribution is -0.384.